The number of carbonyl (C=O) groups is 1. The molecule has 4 rings (SSSR count). The SMILES string of the molecule is CCc1ccc(NC(=O)NC(CCC(C)C)c2c(-n3cccc3)sc3c2CCN(C)C3)cc1. The molecule has 0 aliphatic carbocycles. The van der Waals surface area contributed by atoms with Gasteiger partial charge in [0.2, 0.25) is 0 Å². The Balaban J connectivity index is 1.64. The zero-order valence-corrected chi connectivity index (χ0v) is 21.0. The number of carbonyl (C=O) groups excluding carboxylic acids is 1. The van der Waals surface area contributed by atoms with E-state index in [1.54, 1.807) is 0 Å². The Kier molecular flexibility index (Phi) is 7.56. The first-order valence-corrected chi connectivity index (χ1v) is 12.9. The van der Waals surface area contributed by atoms with Gasteiger partial charge in [0.25, 0.3) is 0 Å². The van der Waals surface area contributed by atoms with E-state index < -0.39 is 0 Å². The van der Waals surface area contributed by atoms with Crippen molar-refractivity contribution in [1.82, 2.24) is 14.8 Å². The van der Waals surface area contributed by atoms with Crippen LogP contribution >= 0.6 is 11.3 Å². The fraction of sp³-hybridized carbons (Fsp3) is 0.444. The van der Waals surface area contributed by atoms with Gasteiger partial charge in [0.1, 0.15) is 5.00 Å². The van der Waals surface area contributed by atoms with Gasteiger partial charge in [-0.3, -0.25) is 0 Å². The molecule has 3 aromatic rings. The molecule has 0 fully saturated rings. The van der Waals surface area contributed by atoms with E-state index in [2.05, 4.69) is 84.6 Å². The summed E-state index contributed by atoms with van der Waals surface area (Å²) in [4.78, 5) is 16.9. The van der Waals surface area contributed by atoms with Gasteiger partial charge in [0.05, 0.1) is 6.04 Å². The van der Waals surface area contributed by atoms with Crippen LogP contribution in [0.25, 0.3) is 5.00 Å². The fourth-order valence-electron chi connectivity index (χ4n) is 4.50. The molecule has 33 heavy (non-hydrogen) atoms. The van der Waals surface area contributed by atoms with Crippen LogP contribution < -0.4 is 10.6 Å². The third-order valence-corrected chi connectivity index (χ3v) is 7.66. The average molecular weight is 465 g/mol. The first-order valence-electron chi connectivity index (χ1n) is 12.1. The first kappa shape index (κ1) is 23.6. The number of rotatable bonds is 8. The van der Waals surface area contributed by atoms with Crippen LogP contribution in [0, 0.1) is 5.92 Å². The number of aryl methyl sites for hydroxylation is 1. The standard InChI is InChI=1S/C27H36N4OS/c1-5-20-9-11-21(12-10-20)28-27(32)29-23(13-8-19(2)3)25-22-14-17-30(4)18-24(22)33-26(25)31-15-6-7-16-31/h6-7,9-12,15-16,19,23H,5,8,13-14,17-18H2,1-4H3,(H2,28,29,32). The molecule has 2 amide bonds. The third-order valence-electron chi connectivity index (χ3n) is 6.41. The van der Waals surface area contributed by atoms with E-state index in [4.69, 9.17) is 0 Å². The Labute approximate surface area is 201 Å². The molecule has 1 aromatic carbocycles. The molecule has 1 atom stereocenters. The van der Waals surface area contributed by atoms with Crippen LogP contribution in [-0.4, -0.2) is 29.1 Å². The number of nitrogens with zero attached hydrogens (tertiary/aromatic N) is 2. The monoisotopic (exact) mass is 464 g/mol. The number of anilines is 1. The number of thiophene rings is 1. The molecule has 0 spiro atoms. The highest BCUT2D eigenvalue weighted by Crippen LogP contribution is 2.40. The maximum Gasteiger partial charge on any atom is 0.319 e. The molecule has 3 heterocycles. The minimum Gasteiger partial charge on any atom is -0.331 e. The highest BCUT2D eigenvalue weighted by molar-refractivity contribution is 7.15. The van der Waals surface area contributed by atoms with Crippen LogP contribution in [0.3, 0.4) is 0 Å². The van der Waals surface area contributed by atoms with Crippen molar-refractivity contribution in [3.63, 3.8) is 0 Å². The van der Waals surface area contributed by atoms with Crippen molar-refractivity contribution in [3.05, 3.63) is 70.4 Å². The van der Waals surface area contributed by atoms with E-state index >= 15 is 0 Å². The lowest BCUT2D eigenvalue weighted by molar-refractivity contribution is 0.247. The Bertz CT molecular complexity index is 1050. The number of hydrogen-bond donors (Lipinski definition) is 2. The maximum absolute atomic E-state index is 13.1. The van der Waals surface area contributed by atoms with Crippen molar-refractivity contribution in [2.45, 2.75) is 59.0 Å². The highest BCUT2D eigenvalue weighted by atomic mass is 32.1. The molecule has 2 aromatic heterocycles. The van der Waals surface area contributed by atoms with Crippen molar-refractivity contribution in [2.24, 2.45) is 5.92 Å². The summed E-state index contributed by atoms with van der Waals surface area (Å²) in [6.07, 6.45) is 8.22. The van der Waals surface area contributed by atoms with Gasteiger partial charge in [-0.1, -0.05) is 32.9 Å². The van der Waals surface area contributed by atoms with Crippen molar-refractivity contribution < 1.29 is 4.79 Å². The maximum atomic E-state index is 13.1. The molecule has 1 aliphatic heterocycles. The van der Waals surface area contributed by atoms with E-state index in [-0.39, 0.29) is 12.1 Å². The quantitative estimate of drug-likeness (QED) is 0.406. The van der Waals surface area contributed by atoms with E-state index in [0.717, 1.165) is 44.5 Å². The van der Waals surface area contributed by atoms with Crippen LogP contribution in [-0.2, 0) is 19.4 Å². The first-order chi connectivity index (χ1) is 15.9. The van der Waals surface area contributed by atoms with Gasteiger partial charge >= 0.3 is 6.03 Å². The van der Waals surface area contributed by atoms with Gasteiger partial charge in [-0.25, -0.2) is 4.79 Å². The zero-order chi connectivity index (χ0) is 23.4. The van der Waals surface area contributed by atoms with E-state index in [1.807, 2.05) is 23.5 Å². The van der Waals surface area contributed by atoms with Crippen LogP contribution in [0.4, 0.5) is 10.5 Å². The van der Waals surface area contributed by atoms with Crippen molar-refractivity contribution >= 4 is 23.1 Å². The molecule has 0 saturated heterocycles. The van der Waals surface area contributed by atoms with Crippen molar-refractivity contribution in [2.75, 3.05) is 18.9 Å². The summed E-state index contributed by atoms with van der Waals surface area (Å²) in [6, 6.07) is 12.1. The van der Waals surface area contributed by atoms with Crippen molar-refractivity contribution in [1.29, 1.82) is 0 Å². The number of likely N-dealkylation sites (N-methyl/N-ethyl adjacent to an activating group) is 1. The second kappa shape index (κ2) is 10.6. The molecule has 1 aliphatic rings. The van der Waals surface area contributed by atoms with Gasteiger partial charge in [0, 0.05) is 41.6 Å². The number of benzene rings is 1. The predicted molar refractivity (Wildman–Crippen MR) is 138 cm³/mol. The number of urea groups is 1. The lowest BCUT2D eigenvalue weighted by Gasteiger charge is -2.26. The molecular formula is C27H36N4OS. The van der Waals surface area contributed by atoms with Crippen LogP contribution in [0.2, 0.25) is 0 Å². The summed E-state index contributed by atoms with van der Waals surface area (Å²) < 4.78 is 2.21. The zero-order valence-electron chi connectivity index (χ0n) is 20.2. The minimum atomic E-state index is -0.140. The molecular weight excluding hydrogens is 428 g/mol. The molecule has 176 valence electrons. The molecule has 0 saturated carbocycles. The van der Waals surface area contributed by atoms with Crippen LogP contribution in [0.1, 0.15) is 61.2 Å². The second-order valence-electron chi connectivity index (χ2n) is 9.47. The van der Waals surface area contributed by atoms with Crippen LogP contribution in [0.5, 0.6) is 0 Å². The number of nitrogens with one attached hydrogen (secondary N) is 2. The molecule has 6 heteroatoms. The topological polar surface area (TPSA) is 49.3 Å². The highest BCUT2D eigenvalue weighted by Gasteiger charge is 2.29. The van der Waals surface area contributed by atoms with E-state index in [0.29, 0.717) is 5.92 Å². The lowest BCUT2D eigenvalue weighted by Crippen LogP contribution is -2.34. The van der Waals surface area contributed by atoms with E-state index in [1.165, 1.54) is 26.6 Å². The number of aromatic nitrogens is 1. The van der Waals surface area contributed by atoms with Crippen molar-refractivity contribution in [3.8, 4) is 5.00 Å². The second-order valence-corrected chi connectivity index (χ2v) is 10.6. The number of amides is 2. The lowest BCUT2D eigenvalue weighted by atomic mass is 9.92. The summed E-state index contributed by atoms with van der Waals surface area (Å²) in [7, 11) is 2.18. The Hall–Kier alpha value is -2.57. The van der Waals surface area contributed by atoms with Gasteiger partial charge in [0.15, 0.2) is 0 Å². The fourth-order valence-corrected chi connectivity index (χ4v) is 5.96. The largest absolute Gasteiger partial charge is 0.331 e. The van der Waals surface area contributed by atoms with Gasteiger partial charge in [-0.15, -0.1) is 11.3 Å². The summed E-state index contributed by atoms with van der Waals surface area (Å²) >= 11 is 1.87. The van der Waals surface area contributed by atoms with Gasteiger partial charge in [-0.05, 0) is 74.0 Å². The Morgan fingerprint density at radius 3 is 2.52 bits per heavy atom. The minimum absolute atomic E-state index is 0.0249. The van der Waals surface area contributed by atoms with Gasteiger partial charge < -0.3 is 20.1 Å². The molecule has 1 unspecified atom stereocenters. The Morgan fingerprint density at radius 1 is 1.12 bits per heavy atom. The molecule has 0 radical (unpaired) electrons. The summed E-state index contributed by atoms with van der Waals surface area (Å²) in [6.45, 7) is 8.65. The Morgan fingerprint density at radius 2 is 1.85 bits per heavy atom. The molecule has 0 bridgehead atoms. The number of fused-ring (bicyclic) bond motifs is 1. The third kappa shape index (κ3) is 5.68. The van der Waals surface area contributed by atoms with E-state index in [9.17, 15) is 4.79 Å². The summed E-state index contributed by atoms with van der Waals surface area (Å²) in [5.74, 6) is 0.578. The normalized spacial score (nSPS) is 14.8. The number of hydrogen-bond acceptors (Lipinski definition) is 3. The molecule has 2 N–H and O–H groups in total. The predicted octanol–water partition coefficient (Wildman–Crippen LogP) is 6.39. The average Bonchev–Trinajstić information content (AvgIpc) is 3.44. The summed E-state index contributed by atoms with van der Waals surface area (Å²) in [5, 5.41) is 7.64. The smallest absolute Gasteiger partial charge is 0.319 e. The molecule has 5 nitrogen and oxygen atoms in total. The summed E-state index contributed by atoms with van der Waals surface area (Å²) in [5.41, 5.74) is 4.83. The van der Waals surface area contributed by atoms with Gasteiger partial charge in [-0.2, -0.15) is 0 Å². The van der Waals surface area contributed by atoms with Crippen LogP contribution in [0.15, 0.2) is 48.8 Å².